The van der Waals surface area contributed by atoms with Crippen molar-refractivity contribution < 1.29 is 14.3 Å². The van der Waals surface area contributed by atoms with Gasteiger partial charge in [-0.3, -0.25) is 14.6 Å². The van der Waals surface area contributed by atoms with E-state index < -0.39 is 0 Å². The van der Waals surface area contributed by atoms with Gasteiger partial charge < -0.3 is 20.3 Å². The average Bonchev–Trinajstić information content (AvgIpc) is 3.30. The van der Waals surface area contributed by atoms with Gasteiger partial charge in [-0.15, -0.1) is 0 Å². The van der Waals surface area contributed by atoms with Crippen LogP contribution in [0.25, 0.3) is 0 Å². The van der Waals surface area contributed by atoms with Gasteiger partial charge in [-0.05, 0) is 68.6 Å². The first-order chi connectivity index (χ1) is 14.2. The van der Waals surface area contributed by atoms with Gasteiger partial charge in [0.1, 0.15) is 11.5 Å². The number of anilines is 1. The van der Waals surface area contributed by atoms with Gasteiger partial charge in [0.05, 0.1) is 12.2 Å². The maximum absolute atomic E-state index is 12.6. The van der Waals surface area contributed by atoms with Crippen LogP contribution in [0, 0.1) is 5.92 Å². The quantitative estimate of drug-likeness (QED) is 0.815. The summed E-state index contributed by atoms with van der Waals surface area (Å²) in [6, 6.07) is 10.9. The molecule has 2 aromatic rings. The van der Waals surface area contributed by atoms with E-state index in [4.69, 9.17) is 4.74 Å². The predicted molar refractivity (Wildman–Crippen MR) is 110 cm³/mol. The number of carbonyl (C=O) groups excluding carboxylic acids is 2. The molecule has 4 rings (SSSR count). The minimum atomic E-state index is -0.0677. The molecule has 0 spiro atoms. The van der Waals surface area contributed by atoms with E-state index in [2.05, 4.69) is 15.6 Å². The van der Waals surface area contributed by atoms with Crippen LogP contribution in [-0.2, 0) is 9.59 Å². The van der Waals surface area contributed by atoms with Crippen LogP contribution in [0.1, 0.15) is 25.7 Å². The predicted octanol–water partition coefficient (Wildman–Crippen LogP) is 2.80. The van der Waals surface area contributed by atoms with Crippen molar-refractivity contribution in [3.63, 3.8) is 0 Å². The Balaban J connectivity index is 1.26. The number of carbonyl (C=O) groups is 2. The minimum absolute atomic E-state index is 0.0111. The van der Waals surface area contributed by atoms with Gasteiger partial charge in [0.15, 0.2) is 0 Å². The van der Waals surface area contributed by atoms with E-state index in [1.54, 1.807) is 12.4 Å². The lowest BCUT2D eigenvalue weighted by molar-refractivity contribution is -0.136. The van der Waals surface area contributed by atoms with Gasteiger partial charge in [-0.1, -0.05) is 0 Å². The zero-order chi connectivity index (χ0) is 20.1. The Bertz CT molecular complexity index is 827. The van der Waals surface area contributed by atoms with Gasteiger partial charge in [-0.2, -0.15) is 0 Å². The van der Waals surface area contributed by atoms with Gasteiger partial charge in [-0.25, -0.2) is 0 Å². The molecule has 0 radical (unpaired) electrons. The number of hydrogen-bond donors (Lipinski definition) is 2. The van der Waals surface area contributed by atoms with Gasteiger partial charge >= 0.3 is 0 Å². The first kappa shape index (κ1) is 19.4. The Hall–Kier alpha value is -2.93. The molecule has 2 aliphatic rings. The van der Waals surface area contributed by atoms with Crippen LogP contribution in [0.4, 0.5) is 5.69 Å². The number of amides is 2. The van der Waals surface area contributed by atoms with Crippen molar-refractivity contribution in [2.75, 3.05) is 25.0 Å². The fourth-order valence-electron chi connectivity index (χ4n) is 3.87. The van der Waals surface area contributed by atoms with Crippen molar-refractivity contribution in [2.24, 2.45) is 5.92 Å². The van der Waals surface area contributed by atoms with E-state index in [9.17, 15) is 9.59 Å². The van der Waals surface area contributed by atoms with E-state index in [-0.39, 0.29) is 23.8 Å². The maximum atomic E-state index is 12.6. The summed E-state index contributed by atoms with van der Waals surface area (Å²) < 4.78 is 5.71. The largest absolute Gasteiger partial charge is 0.456 e. The fraction of sp³-hybridized carbons (Fsp3) is 0.409. The van der Waals surface area contributed by atoms with Crippen molar-refractivity contribution >= 4 is 17.5 Å². The van der Waals surface area contributed by atoms with Crippen LogP contribution in [0.15, 0.2) is 48.8 Å². The molecule has 7 heteroatoms. The van der Waals surface area contributed by atoms with E-state index in [1.807, 2.05) is 41.3 Å². The van der Waals surface area contributed by atoms with E-state index >= 15 is 0 Å². The summed E-state index contributed by atoms with van der Waals surface area (Å²) in [6.07, 6.45) is 6.72. The van der Waals surface area contributed by atoms with Crippen molar-refractivity contribution in [1.82, 2.24) is 15.2 Å². The number of pyridine rings is 1. The standard InChI is InChI=1S/C22H26N4O3/c27-21(16-9-13-26(14-10-16)22(28)20-4-2-12-24-20)25-17-5-7-18(8-6-17)29-19-3-1-11-23-15-19/h1,3,5-8,11,15-16,20,24H,2,4,9-10,12-14H2,(H,25,27)/t20-/m1/s1. The van der Waals surface area contributed by atoms with Gasteiger partial charge in [0.2, 0.25) is 11.8 Å². The summed E-state index contributed by atoms with van der Waals surface area (Å²) in [5, 5.41) is 6.24. The SMILES string of the molecule is O=C(Nc1ccc(Oc2cccnc2)cc1)C1CCN(C(=O)[C@H]2CCCN2)CC1. The monoisotopic (exact) mass is 394 g/mol. The van der Waals surface area contributed by atoms with Crippen molar-refractivity contribution in [3.8, 4) is 11.5 Å². The summed E-state index contributed by atoms with van der Waals surface area (Å²) in [4.78, 5) is 31.0. The smallest absolute Gasteiger partial charge is 0.239 e. The average molecular weight is 394 g/mol. The second-order valence-electron chi connectivity index (χ2n) is 7.55. The number of likely N-dealkylation sites (tertiary alicyclic amines) is 1. The summed E-state index contributed by atoms with van der Waals surface area (Å²) in [5.74, 6) is 1.48. The van der Waals surface area contributed by atoms with Crippen LogP contribution in [0.2, 0.25) is 0 Å². The number of nitrogens with zero attached hydrogens (tertiary/aromatic N) is 2. The maximum Gasteiger partial charge on any atom is 0.239 e. The van der Waals surface area contributed by atoms with E-state index in [0.717, 1.165) is 25.1 Å². The minimum Gasteiger partial charge on any atom is -0.456 e. The topological polar surface area (TPSA) is 83.6 Å². The number of hydrogen-bond acceptors (Lipinski definition) is 5. The van der Waals surface area contributed by atoms with Gasteiger partial charge in [0.25, 0.3) is 0 Å². The molecule has 1 aromatic heterocycles. The highest BCUT2D eigenvalue weighted by atomic mass is 16.5. The molecule has 152 valence electrons. The van der Waals surface area contributed by atoms with Crippen molar-refractivity contribution in [3.05, 3.63) is 48.8 Å². The van der Waals surface area contributed by atoms with E-state index in [0.29, 0.717) is 37.4 Å². The number of nitrogens with one attached hydrogen (secondary N) is 2. The summed E-state index contributed by atoms with van der Waals surface area (Å²) >= 11 is 0. The van der Waals surface area contributed by atoms with Crippen molar-refractivity contribution in [2.45, 2.75) is 31.7 Å². The lowest BCUT2D eigenvalue weighted by Gasteiger charge is -2.33. The zero-order valence-corrected chi connectivity index (χ0v) is 16.3. The van der Waals surface area contributed by atoms with Crippen LogP contribution >= 0.6 is 0 Å². The van der Waals surface area contributed by atoms with Crippen LogP contribution in [0.3, 0.4) is 0 Å². The Morgan fingerprint density at radius 1 is 1.07 bits per heavy atom. The Labute approximate surface area is 170 Å². The lowest BCUT2D eigenvalue weighted by atomic mass is 9.95. The molecule has 0 bridgehead atoms. The highest BCUT2D eigenvalue weighted by Crippen LogP contribution is 2.24. The molecule has 3 heterocycles. The van der Waals surface area contributed by atoms with Crippen LogP contribution in [-0.4, -0.2) is 47.4 Å². The molecule has 0 saturated carbocycles. The highest BCUT2D eigenvalue weighted by Gasteiger charge is 2.31. The lowest BCUT2D eigenvalue weighted by Crippen LogP contribution is -2.48. The molecule has 2 fully saturated rings. The molecule has 2 saturated heterocycles. The molecular weight excluding hydrogens is 368 g/mol. The van der Waals surface area contributed by atoms with Crippen LogP contribution in [0.5, 0.6) is 11.5 Å². The molecule has 0 aliphatic carbocycles. The summed E-state index contributed by atoms with van der Waals surface area (Å²) in [6.45, 7) is 2.21. The second kappa shape index (κ2) is 9.05. The summed E-state index contributed by atoms with van der Waals surface area (Å²) in [7, 11) is 0. The molecule has 29 heavy (non-hydrogen) atoms. The van der Waals surface area contributed by atoms with E-state index in [1.165, 1.54) is 0 Å². The normalized spacial score (nSPS) is 19.7. The number of ether oxygens (including phenoxy) is 1. The molecule has 0 unspecified atom stereocenters. The Morgan fingerprint density at radius 2 is 1.86 bits per heavy atom. The zero-order valence-electron chi connectivity index (χ0n) is 16.3. The number of rotatable bonds is 5. The number of benzene rings is 1. The molecule has 2 N–H and O–H groups in total. The van der Waals surface area contributed by atoms with Crippen molar-refractivity contribution in [1.29, 1.82) is 0 Å². The first-order valence-electron chi connectivity index (χ1n) is 10.2. The molecule has 2 amide bonds. The Kier molecular flexibility index (Phi) is 6.05. The fourth-order valence-corrected chi connectivity index (χ4v) is 3.87. The third kappa shape index (κ3) is 4.92. The van der Waals surface area contributed by atoms with Crippen LogP contribution < -0.4 is 15.4 Å². The number of piperidine rings is 1. The molecular formula is C22H26N4O3. The third-order valence-electron chi connectivity index (χ3n) is 5.53. The first-order valence-corrected chi connectivity index (χ1v) is 10.2. The Morgan fingerprint density at radius 3 is 2.52 bits per heavy atom. The molecule has 2 aliphatic heterocycles. The summed E-state index contributed by atoms with van der Waals surface area (Å²) in [5.41, 5.74) is 0.738. The molecule has 1 atom stereocenters. The highest BCUT2D eigenvalue weighted by molar-refractivity contribution is 5.93. The molecule has 7 nitrogen and oxygen atoms in total. The van der Waals surface area contributed by atoms with Gasteiger partial charge in [0, 0.05) is 30.9 Å². The molecule has 1 aromatic carbocycles. The second-order valence-corrected chi connectivity index (χ2v) is 7.55. The number of aromatic nitrogens is 1. The third-order valence-corrected chi connectivity index (χ3v) is 5.53.